The summed E-state index contributed by atoms with van der Waals surface area (Å²) in [6, 6.07) is 5.56. The minimum Gasteiger partial charge on any atom is -0.358 e. The molecule has 4 aromatic rings. The van der Waals surface area contributed by atoms with E-state index >= 15 is 4.39 Å². The maximum absolute atomic E-state index is 15.2. The van der Waals surface area contributed by atoms with Crippen LogP contribution in [-0.2, 0) is 27.8 Å². The standard InChI is InChI=1S/C38H45F4N7O3/c1-4-7-8-27-18-37(27,38(40,41)42)32-17-33(48-52-32)47-34(50)15-25-10-9-23(14-29(25)39)26-19-43-36(44-20-26)46-30-21-45-49(31(30)6-3)35-16-24(11-12-51-35)28-13-22(28)5-2/h9-10,14,17,19-22,24,27-28,35H,4-8,11-13,15-16,18H2,1-3H3,(H,43,44,46)(H,47,48,50). The smallest absolute Gasteiger partial charge is 0.358 e. The zero-order chi connectivity index (χ0) is 36.6. The van der Waals surface area contributed by atoms with Gasteiger partial charge in [0.15, 0.2) is 17.8 Å². The summed E-state index contributed by atoms with van der Waals surface area (Å²) in [7, 11) is 0. The molecule has 0 radical (unpaired) electrons. The molecule has 0 spiro atoms. The molecule has 3 aromatic heterocycles. The minimum atomic E-state index is -4.50. The zero-order valence-corrected chi connectivity index (χ0v) is 29.7. The number of rotatable bonds is 14. The molecule has 3 fully saturated rings. The highest BCUT2D eigenvalue weighted by Gasteiger charge is 2.73. The Bertz CT molecular complexity index is 1880. The summed E-state index contributed by atoms with van der Waals surface area (Å²) in [6.07, 6.45) is 7.24. The van der Waals surface area contributed by atoms with Crippen LogP contribution in [0.15, 0.2) is 47.4 Å². The van der Waals surface area contributed by atoms with Gasteiger partial charge in [0.1, 0.15) is 11.2 Å². The van der Waals surface area contributed by atoms with Gasteiger partial charge in [0, 0.05) is 30.6 Å². The molecule has 1 aromatic carbocycles. The third kappa shape index (κ3) is 7.18. The first-order valence-corrected chi connectivity index (χ1v) is 18.4. The van der Waals surface area contributed by atoms with Gasteiger partial charge in [-0.2, -0.15) is 18.3 Å². The Labute approximate surface area is 300 Å². The average molecular weight is 724 g/mol. The molecule has 4 heterocycles. The number of unbranched alkanes of at least 4 members (excludes halogenated alkanes) is 1. The lowest BCUT2D eigenvalue weighted by Gasteiger charge is -2.31. The van der Waals surface area contributed by atoms with Gasteiger partial charge in [-0.3, -0.25) is 4.79 Å². The minimum absolute atomic E-state index is 0.0667. The molecule has 1 aliphatic heterocycles. The molecule has 7 rings (SSSR count). The van der Waals surface area contributed by atoms with E-state index in [1.54, 1.807) is 24.7 Å². The van der Waals surface area contributed by atoms with Gasteiger partial charge in [0.25, 0.3) is 0 Å². The van der Waals surface area contributed by atoms with E-state index in [0.717, 1.165) is 61.6 Å². The van der Waals surface area contributed by atoms with Crippen molar-refractivity contribution < 1.29 is 31.6 Å². The Morgan fingerprint density at radius 3 is 2.58 bits per heavy atom. The Hall–Kier alpha value is -4.33. The zero-order valence-electron chi connectivity index (χ0n) is 29.7. The number of carbonyl (C=O) groups is 1. The molecule has 2 N–H and O–H groups in total. The van der Waals surface area contributed by atoms with Gasteiger partial charge >= 0.3 is 6.18 Å². The Kier molecular flexibility index (Phi) is 10.1. The van der Waals surface area contributed by atoms with Gasteiger partial charge in [-0.15, -0.1) is 0 Å². The Morgan fingerprint density at radius 2 is 1.88 bits per heavy atom. The lowest BCUT2D eigenvalue weighted by atomic mass is 9.91. The van der Waals surface area contributed by atoms with Crippen LogP contribution in [0.3, 0.4) is 0 Å². The van der Waals surface area contributed by atoms with Crippen LogP contribution in [-0.4, -0.2) is 43.6 Å². The van der Waals surface area contributed by atoms with Crippen LogP contribution in [0.25, 0.3) is 11.1 Å². The molecule has 1 amide bonds. The van der Waals surface area contributed by atoms with Crippen molar-refractivity contribution in [3.8, 4) is 11.1 Å². The number of benzene rings is 1. The predicted molar refractivity (Wildman–Crippen MR) is 186 cm³/mol. The first-order chi connectivity index (χ1) is 25.0. The lowest BCUT2D eigenvalue weighted by molar-refractivity contribution is -0.169. The molecule has 6 atom stereocenters. The predicted octanol–water partition coefficient (Wildman–Crippen LogP) is 8.94. The van der Waals surface area contributed by atoms with Gasteiger partial charge in [-0.1, -0.05) is 57.3 Å². The quantitative estimate of drug-likeness (QED) is 0.124. The van der Waals surface area contributed by atoms with E-state index in [-0.39, 0.29) is 36.2 Å². The van der Waals surface area contributed by atoms with Crippen molar-refractivity contribution in [3.63, 3.8) is 0 Å². The Balaban J connectivity index is 0.956. The number of alkyl halides is 3. The van der Waals surface area contributed by atoms with E-state index in [1.807, 2.05) is 11.6 Å². The van der Waals surface area contributed by atoms with Gasteiger partial charge in [0.2, 0.25) is 11.9 Å². The number of carbonyl (C=O) groups excluding carboxylic acids is 1. The first kappa shape index (κ1) is 36.0. The van der Waals surface area contributed by atoms with Crippen molar-refractivity contribution in [3.05, 3.63) is 65.7 Å². The number of amides is 1. The summed E-state index contributed by atoms with van der Waals surface area (Å²) in [5.74, 6) is 0.408. The van der Waals surface area contributed by atoms with Crippen LogP contribution >= 0.6 is 0 Å². The molecule has 3 aliphatic rings. The maximum Gasteiger partial charge on any atom is 0.401 e. The van der Waals surface area contributed by atoms with E-state index in [0.29, 0.717) is 35.8 Å². The number of nitrogens with one attached hydrogen (secondary N) is 2. The molecule has 10 nitrogen and oxygen atoms in total. The van der Waals surface area contributed by atoms with E-state index in [1.165, 1.54) is 25.0 Å². The normalized spacial score (nSPS) is 25.6. The molecule has 2 aliphatic carbocycles. The van der Waals surface area contributed by atoms with Crippen LogP contribution in [0.4, 0.5) is 35.0 Å². The summed E-state index contributed by atoms with van der Waals surface area (Å²) < 4.78 is 70.5. The molecule has 0 bridgehead atoms. The Morgan fingerprint density at radius 1 is 1.08 bits per heavy atom. The number of hydrogen-bond acceptors (Lipinski definition) is 8. The molecule has 6 unspecified atom stereocenters. The molecule has 1 saturated heterocycles. The van der Waals surface area contributed by atoms with E-state index in [9.17, 15) is 18.0 Å². The monoisotopic (exact) mass is 723 g/mol. The molecular formula is C38H45F4N7O3. The third-order valence-electron chi connectivity index (χ3n) is 11.3. The van der Waals surface area contributed by atoms with E-state index in [2.05, 4.69) is 44.7 Å². The average Bonchev–Trinajstić information content (AvgIpc) is 3.99. The summed E-state index contributed by atoms with van der Waals surface area (Å²) in [6.45, 7) is 7.02. The van der Waals surface area contributed by atoms with Crippen molar-refractivity contribution in [1.82, 2.24) is 24.9 Å². The van der Waals surface area contributed by atoms with Crippen molar-refractivity contribution in [2.24, 2.45) is 23.7 Å². The van der Waals surface area contributed by atoms with Crippen molar-refractivity contribution in [1.29, 1.82) is 0 Å². The first-order valence-electron chi connectivity index (χ1n) is 18.4. The van der Waals surface area contributed by atoms with Gasteiger partial charge < -0.3 is 19.9 Å². The third-order valence-corrected chi connectivity index (χ3v) is 11.3. The number of anilines is 3. The van der Waals surface area contributed by atoms with Crippen LogP contribution in [0.5, 0.6) is 0 Å². The lowest BCUT2D eigenvalue weighted by Crippen LogP contribution is -2.30. The summed E-state index contributed by atoms with van der Waals surface area (Å²) in [4.78, 5) is 21.6. The highest BCUT2D eigenvalue weighted by atomic mass is 19.4. The van der Waals surface area contributed by atoms with Crippen molar-refractivity contribution >= 4 is 23.4 Å². The second-order valence-corrected chi connectivity index (χ2v) is 14.5. The van der Waals surface area contributed by atoms with Gasteiger partial charge in [-0.05, 0) is 79.4 Å². The number of aromatic nitrogens is 5. The number of nitrogens with zero attached hydrogens (tertiary/aromatic N) is 5. The summed E-state index contributed by atoms with van der Waals surface area (Å²) >= 11 is 0. The maximum atomic E-state index is 15.2. The highest BCUT2D eigenvalue weighted by Crippen LogP contribution is 2.65. The van der Waals surface area contributed by atoms with Crippen LogP contribution in [0.1, 0.15) is 95.4 Å². The van der Waals surface area contributed by atoms with Crippen LogP contribution in [0.2, 0.25) is 0 Å². The van der Waals surface area contributed by atoms with E-state index in [4.69, 9.17) is 9.26 Å². The van der Waals surface area contributed by atoms with Gasteiger partial charge in [-0.25, -0.2) is 19.0 Å². The second kappa shape index (κ2) is 14.6. The largest absolute Gasteiger partial charge is 0.401 e. The molecule has 52 heavy (non-hydrogen) atoms. The fourth-order valence-corrected chi connectivity index (χ4v) is 8.12. The van der Waals surface area contributed by atoms with Crippen LogP contribution < -0.4 is 10.6 Å². The number of ether oxygens (including phenoxy) is 1. The van der Waals surface area contributed by atoms with Crippen LogP contribution in [0, 0.1) is 29.5 Å². The molecule has 278 valence electrons. The highest BCUT2D eigenvalue weighted by molar-refractivity contribution is 5.91. The second-order valence-electron chi connectivity index (χ2n) is 14.5. The summed E-state index contributed by atoms with van der Waals surface area (Å²) in [5, 5.41) is 14.0. The van der Waals surface area contributed by atoms with E-state index < -0.39 is 29.2 Å². The number of halogens is 4. The van der Waals surface area contributed by atoms with Gasteiger partial charge in [0.05, 0.1) is 24.0 Å². The van der Waals surface area contributed by atoms with Crippen molar-refractivity contribution in [2.45, 2.75) is 103 Å². The fraction of sp³-hybridized carbons (Fsp3) is 0.553. The fourth-order valence-electron chi connectivity index (χ4n) is 8.12. The molecular weight excluding hydrogens is 678 g/mol. The topological polar surface area (TPSA) is 120 Å². The molecule has 2 saturated carbocycles. The van der Waals surface area contributed by atoms with Crippen molar-refractivity contribution in [2.75, 3.05) is 17.2 Å². The summed E-state index contributed by atoms with van der Waals surface area (Å²) in [5.41, 5.74) is 0.930. The molecule has 14 heteroatoms. The SMILES string of the molecule is CCCCC1CC1(c1cc(NC(=O)Cc2ccc(-c3cnc(Nc4cnn(C5CC(C6CC6CC)CCO5)c4CC)nc3)cc2F)no1)C(F)(F)F. The number of hydrogen-bond donors (Lipinski definition) is 2.